The number of carbonyl (C=O) groups is 1. The molecule has 39 heavy (non-hydrogen) atoms. The molecule has 4 aromatic rings. The summed E-state index contributed by atoms with van der Waals surface area (Å²) in [6.07, 6.45) is 0.827. The second-order valence-electron chi connectivity index (χ2n) is 11.1. The molecule has 0 unspecified atom stereocenters. The molecule has 1 aromatic heterocycles. The maximum atomic E-state index is 13.6. The number of hydrogen-bond acceptors (Lipinski definition) is 5. The molecule has 2 amide bonds. The minimum absolute atomic E-state index is 0.108. The van der Waals surface area contributed by atoms with Crippen LogP contribution in [0.5, 0.6) is 0 Å². The molecule has 2 N–H and O–H groups in total. The summed E-state index contributed by atoms with van der Waals surface area (Å²) in [6, 6.07) is 29.0. The first-order valence-corrected chi connectivity index (χ1v) is 14.5. The third-order valence-corrected chi connectivity index (χ3v) is 7.74. The van der Waals surface area contributed by atoms with Gasteiger partial charge >= 0.3 is 6.03 Å². The highest BCUT2D eigenvalue weighted by molar-refractivity contribution is 7.22. The molecular formula is C32H41N5OS. The molecule has 0 aliphatic heterocycles. The zero-order chi connectivity index (χ0) is 27.7. The molecule has 0 bridgehead atoms. The van der Waals surface area contributed by atoms with Crippen LogP contribution in [0.1, 0.15) is 37.3 Å². The number of carbonyl (C=O) groups excluding carboxylic acids is 1. The number of hydrogen-bond donors (Lipinski definition) is 2. The van der Waals surface area contributed by atoms with E-state index in [4.69, 9.17) is 0 Å². The van der Waals surface area contributed by atoms with Gasteiger partial charge < -0.3 is 15.1 Å². The molecule has 0 spiro atoms. The molecule has 6 nitrogen and oxygen atoms in total. The van der Waals surface area contributed by atoms with E-state index in [1.165, 1.54) is 22.5 Å². The van der Waals surface area contributed by atoms with Crippen LogP contribution in [-0.4, -0.2) is 67.6 Å². The molecule has 0 aliphatic carbocycles. The van der Waals surface area contributed by atoms with Crippen LogP contribution < -0.4 is 10.6 Å². The maximum absolute atomic E-state index is 13.6. The van der Waals surface area contributed by atoms with Gasteiger partial charge in [-0.05, 0) is 49.2 Å². The third-order valence-electron chi connectivity index (χ3n) is 6.79. The summed E-state index contributed by atoms with van der Waals surface area (Å²) in [7, 11) is 4.21. The summed E-state index contributed by atoms with van der Waals surface area (Å²) < 4.78 is 1.07. The van der Waals surface area contributed by atoms with E-state index < -0.39 is 0 Å². The number of rotatable bonds is 13. The molecule has 4 rings (SSSR count). The van der Waals surface area contributed by atoms with Gasteiger partial charge in [0.15, 0.2) is 5.13 Å². The van der Waals surface area contributed by atoms with E-state index >= 15 is 0 Å². The molecule has 0 saturated heterocycles. The third kappa shape index (κ3) is 8.62. The minimum Gasteiger partial charge on any atom is -0.323 e. The lowest BCUT2D eigenvalue weighted by Gasteiger charge is -2.30. The molecule has 0 radical (unpaired) electrons. The van der Waals surface area contributed by atoms with E-state index in [0.29, 0.717) is 18.2 Å². The fourth-order valence-electron chi connectivity index (χ4n) is 5.15. The molecule has 0 aliphatic rings. The maximum Gasteiger partial charge on any atom is 0.323 e. The predicted molar refractivity (Wildman–Crippen MR) is 165 cm³/mol. The monoisotopic (exact) mass is 543 g/mol. The van der Waals surface area contributed by atoms with E-state index in [0.717, 1.165) is 36.3 Å². The van der Waals surface area contributed by atoms with Crippen molar-refractivity contribution in [2.75, 3.05) is 52.1 Å². The van der Waals surface area contributed by atoms with Crippen molar-refractivity contribution in [2.24, 2.45) is 5.41 Å². The van der Waals surface area contributed by atoms with Crippen molar-refractivity contribution in [3.63, 3.8) is 0 Å². The fourth-order valence-corrected chi connectivity index (χ4v) is 6.00. The summed E-state index contributed by atoms with van der Waals surface area (Å²) in [5.41, 5.74) is 3.57. The molecule has 206 valence electrons. The van der Waals surface area contributed by atoms with Crippen molar-refractivity contribution < 1.29 is 4.79 Å². The summed E-state index contributed by atoms with van der Waals surface area (Å²) in [5, 5.41) is 7.30. The lowest BCUT2D eigenvalue weighted by molar-refractivity contribution is 0.205. The minimum atomic E-state index is -0.108. The Morgan fingerprint density at radius 3 is 2.13 bits per heavy atom. The highest BCUT2D eigenvalue weighted by Gasteiger charge is 2.21. The first kappa shape index (κ1) is 28.7. The second kappa shape index (κ2) is 13.7. The average Bonchev–Trinajstić information content (AvgIpc) is 3.32. The Morgan fingerprint density at radius 1 is 0.897 bits per heavy atom. The Bertz CT molecular complexity index is 1230. The Balaban J connectivity index is 1.47. The van der Waals surface area contributed by atoms with E-state index in [2.05, 4.69) is 97.0 Å². The van der Waals surface area contributed by atoms with Crippen molar-refractivity contribution in [2.45, 2.75) is 26.2 Å². The summed E-state index contributed by atoms with van der Waals surface area (Å²) in [4.78, 5) is 22.3. The molecular weight excluding hydrogens is 502 g/mol. The van der Waals surface area contributed by atoms with E-state index in [-0.39, 0.29) is 17.4 Å². The van der Waals surface area contributed by atoms with Gasteiger partial charge in [-0.2, -0.15) is 0 Å². The van der Waals surface area contributed by atoms with Gasteiger partial charge in [-0.25, -0.2) is 9.78 Å². The molecule has 1 heterocycles. The summed E-state index contributed by atoms with van der Waals surface area (Å²) in [6.45, 7) is 8.39. The lowest BCUT2D eigenvalue weighted by Crippen LogP contribution is -2.43. The van der Waals surface area contributed by atoms with Crippen LogP contribution in [0, 0.1) is 5.41 Å². The van der Waals surface area contributed by atoms with Crippen molar-refractivity contribution >= 4 is 32.7 Å². The Morgan fingerprint density at radius 2 is 1.51 bits per heavy atom. The number of amides is 2. The van der Waals surface area contributed by atoms with Gasteiger partial charge in [-0.3, -0.25) is 5.32 Å². The first-order chi connectivity index (χ1) is 18.8. The molecule has 3 aromatic carbocycles. The average molecular weight is 544 g/mol. The van der Waals surface area contributed by atoms with E-state index in [1.54, 1.807) is 0 Å². The first-order valence-electron chi connectivity index (χ1n) is 13.7. The number of benzene rings is 3. The number of fused-ring (bicyclic) bond motifs is 1. The number of para-hydroxylation sites is 1. The van der Waals surface area contributed by atoms with Crippen molar-refractivity contribution in [3.05, 3.63) is 96.1 Å². The van der Waals surface area contributed by atoms with Gasteiger partial charge in [-0.15, -0.1) is 0 Å². The highest BCUT2D eigenvalue weighted by atomic mass is 32.1. The molecule has 0 fully saturated rings. The number of aromatic nitrogens is 1. The van der Waals surface area contributed by atoms with Gasteiger partial charge in [0.25, 0.3) is 0 Å². The number of nitrogens with zero attached hydrogens (tertiary/aromatic N) is 3. The zero-order valence-electron chi connectivity index (χ0n) is 23.6. The standard InChI is InChI=1S/C32H41N5OS/c1-32(2,24-36(3)4)23-33-20-22-37(31(38)35-30-34-28-17-11-12-18-29(28)39-30)21-19-27(25-13-7-5-8-14-25)26-15-9-6-10-16-26/h5-18,27,33H,19-24H2,1-4H3,(H,34,35,38). The number of anilines is 1. The molecule has 0 saturated carbocycles. The van der Waals surface area contributed by atoms with Gasteiger partial charge in [0, 0.05) is 38.6 Å². The quantitative estimate of drug-likeness (QED) is 0.188. The van der Waals surface area contributed by atoms with Gasteiger partial charge in [-0.1, -0.05) is 98.0 Å². The van der Waals surface area contributed by atoms with Crippen LogP contribution in [0.4, 0.5) is 9.93 Å². The Kier molecular flexibility index (Phi) is 10.1. The van der Waals surface area contributed by atoms with Crippen LogP contribution in [0.3, 0.4) is 0 Å². The van der Waals surface area contributed by atoms with E-state index in [1.807, 2.05) is 41.3 Å². The SMILES string of the molecule is CN(C)CC(C)(C)CNCCN(CCC(c1ccccc1)c1ccccc1)C(=O)Nc1nc2ccccc2s1. The van der Waals surface area contributed by atoms with Gasteiger partial charge in [0.05, 0.1) is 10.2 Å². The van der Waals surface area contributed by atoms with Crippen LogP contribution in [0.25, 0.3) is 10.2 Å². The lowest BCUT2D eigenvalue weighted by atomic mass is 9.88. The number of urea groups is 1. The van der Waals surface area contributed by atoms with Crippen LogP contribution in [-0.2, 0) is 0 Å². The van der Waals surface area contributed by atoms with Crippen molar-refractivity contribution in [1.82, 2.24) is 20.1 Å². The second-order valence-corrected chi connectivity index (χ2v) is 12.2. The van der Waals surface area contributed by atoms with Crippen LogP contribution in [0.2, 0.25) is 0 Å². The van der Waals surface area contributed by atoms with Crippen molar-refractivity contribution in [1.29, 1.82) is 0 Å². The predicted octanol–water partition coefficient (Wildman–Crippen LogP) is 6.53. The van der Waals surface area contributed by atoms with Gasteiger partial charge in [0.1, 0.15) is 0 Å². The molecule has 7 heteroatoms. The number of nitrogens with one attached hydrogen (secondary N) is 2. The largest absolute Gasteiger partial charge is 0.323 e. The van der Waals surface area contributed by atoms with E-state index in [9.17, 15) is 4.79 Å². The number of thiazole rings is 1. The summed E-state index contributed by atoms with van der Waals surface area (Å²) >= 11 is 1.51. The Labute approximate surface area is 237 Å². The fraction of sp³-hybridized carbons (Fsp3) is 0.375. The molecule has 0 atom stereocenters. The zero-order valence-corrected chi connectivity index (χ0v) is 24.4. The topological polar surface area (TPSA) is 60.5 Å². The van der Waals surface area contributed by atoms with Crippen molar-refractivity contribution in [3.8, 4) is 0 Å². The Hall–Kier alpha value is -3.26. The highest BCUT2D eigenvalue weighted by Crippen LogP contribution is 2.29. The smallest absolute Gasteiger partial charge is 0.323 e. The normalized spacial score (nSPS) is 11.8. The van der Waals surface area contributed by atoms with Crippen LogP contribution >= 0.6 is 11.3 Å². The van der Waals surface area contributed by atoms with Crippen LogP contribution in [0.15, 0.2) is 84.9 Å². The summed E-state index contributed by atoms with van der Waals surface area (Å²) in [5.74, 6) is 0.206. The van der Waals surface area contributed by atoms with Gasteiger partial charge in [0.2, 0.25) is 0 Å².